The largest absolute Gasteiger partial charge is 0.433 e. The standard InChI is InChI=1S/C24H17ClN2O6/c1-26-12-17(21(28)13-6-8-14(25)9-7-13)20(18-10-11-19(33-18)27(31)32)24(26)22(29)15-4-2-3-5-16(15)23(24)30/h2-11,17,20H,12H2,1H3/t17-,20-/m0/s1. The van der Waals surface area contributed by atoms with Gasteiger partial charge in [-0.2, -0.15) is 0 Å². The molecular weight excluding hydrogens is 448 g/mol. The number of hydrogen-bond donors (Lipinski definition) is 0. The number of fused-ring (bicyclic) bond motifs is 1. The van der Waals surface area contributed by atoms with E-state index < -0.39 is 39.7 Å². The van der Waals surface area contributed by atoms with Crippen molar-refractivity contribution in [1.82, 2.24) is 4.90 Å². The zero-order chi connectivity index (χ0) is 23.5. The van der Waals surface area contributed by atoms with Crippen molar-refractivity contribution >= 4 is 34.8 Å². The molecule has 1 spiro atoms. The van der Waals surface area contributed by atoms with E-state index in [-0.39, 0.29) is 29.2 Å². The number of nitro groups is 1. The minimum absolute atomic E-state index is 0.0490. The van der Waals surface area contributed by atoms with Gasteiger partial charge in [0.15, 0.2) is 22.9 Å². The van der Waals surface area contributed by atoms with Crippen molar-refractivity contribution in [3.63, 3.8) is 0 Å². The highest BCUT2D eigenvalue weighted by molar-refractivity contribution is 6.34. The number of carbonyl (C=O) groups excluding carboxylic acids is 3. The Labute approximate surface area is 192 Å². The fraction of sp³-hybridized carbons (Fsp3) is 0.208. The summed E-state index contributed by atoms with van der Waals surface area (Å²) in [5, 5.41) is 11.7. The van der Waals surface area contributed by atoms with Gasteiger partial charge in [-0.05, 0) is 37.4 Å². The second-order valence-electron chi connectivity index (χ2n) is 8.24. The number of ketones is 3. The lowest BCUT2D eigenvalue weighted by Gasteiger charge is -2.33. The molecule has 33 heavy (non-hydrogen) atoms. The zero-order valence-corrected chi connectivity index (χ0v) is 18.1. The number of benzene rings is 2. The van der Waals surface area contributed by atoms with Gasteiger partial charge in [0.1, 0.15) is 10.7 Å². The Morgan fingerprint density at radius 2 is 1.67 bits per heavy atom. The summed E-state index contributed by atoms with van der Waals surface area (Å²) in [6.45, 7) is 0.0894. The fourth-order valence-electron chi connectivity index (χ4n) is 5.17. The second-order valence-corrected chi connectivity index (χ2v) is 8.68. The number of likely N-dealkylation sites (tertiary alicyclic amines) is 1. The summed E-state index contributed by atoms with van der Waals surface area (Å²) in [4.78, 5) is 53.2. The van der Waals surface area contributed by atoms with Crippen LogP contribution >= 0.6 is 11.6 Å². The van der Waals surface area contributed by atoms with Crippen LogP contribution in [0.25, 0.3) is 0 Å². The quantitative estimate of drug-likeness (QED) is 0.246. The first kappa shape index (κ1) is 21.2. The molecule has 0 radical (unpaired) electrons. The van der Waals surface area contributed by atoms with Crippen LogP contribution in [-0.4, -0.2) is 46.3 Å². The molecule has 1 fully saturated rings. The molecule has 1 aromatic heterocycles. The van der Waals surface area contributed by atoms with E-state index in [0.717, 1.165) is 0 Å². The summed E-state index contributed by atoms with van der Waals surface area (Å²) in [6, 6.07) is 15.3. The van der Waals surface area contributed by atoms with E-state index >= 15 is 0 Å². The lowest BCUT2D eigenvalue weighted by atomic mass is 9.73. The Kier molecular flexibility index (Phi) is 4.81. The van der Waals surface area contributed by atoms with Crippen molar-refractivity contribution in [2.75, 3.05) is 13.6 Å². The van der Waals surface area contributed by atoms with Gasteiger partial charge in [-0.25, -0.2) is 0 Å². The summed E-state index contributed by atoms with van der Waals surface area (Å²) in [7, 11) is 1.61. The third kappa shape index (κ3) is 2.91. The Bertz CT molecular complexity index is 1290. The SMILES string of the molecule is CN1C[C@H](C(=O)c2ccc(Cl)cc2)[C@@H](c2ccc([N+](=O)[O-])o2)C12C(=O)c1ccccc1C2=O. The van der Waals surface area contributed by atoms with Crippen LogP contribution in [0, 0.1) is 16.0 Å². The summed E-state index contributed by atoms with van der Waals surface area (Å²) in [5.74, 6) is -3.58. The van der Waals surface area contributed by atoms with Gasteiger partial charge in [0, 0.05) is 34.2 Å². The van der Waals surface area contributed by atoms with Gasteiger partial charge in [0.05, 0.1) is 12.0 Å². The number of likely N-dealkylation sites (N-methyl/N-ethyl adjacent to an activating group) is 1. The maximum atomic E-state index is 13.7. The van der Waals surface area contributed by atoms with Crippen molar-refractivity contribution < 1.29 is 23.7 Å². The Morgan fingerprint density at radius 1 is 1.06 bits per heavy atom. The number of nitrogens with zero attached hydrogens (tertiary/aromatic N) is 2. The Hall–Kier alpha value is -3.62. The van der Waals surface area contributed by atoms with Gasteiger partial charge in [-0.1, -0.05) is 35.9 Å². The van der Waals surface area contributed by atoms with Crippen molar-refractivity contribution in [3.05, 3.63) is 98.3 Å². The first-order valence-electron chi connectivity index (χ1n) is 10.2. The van der Waals surface area contributed by atoms with Gasteiger partial charge in [0.2, 0.25) is 0 Å². The van der Waals surface area contributed by atoms with Crippen LogP contribution < -0.4 is 0 Å². The average molecular weight is 465 g/mol. The van der Waals surface area contributed by atoms with Crippen molar-refractivity contribution in [2.45, 2.75) is 11.5 Å². The summed E-state index contributed by atoms with van der Waals surface area (Å²) in [6.07, 6.45) is 0. The normalized spacial score (nSPS) is 21.5. The van der Waals surface area contributed by atoms with E-state index in [4.69, 9.17) is 16.0 Å². The highest BCUT2D eigenvalue weighted by atomic mass is 35.5. The number of Topliss-reactive ketones (excluding diaryl/α,β-unsaturated/α-hetero) is 3. The molecule has 2 aliphatic rings. The summed E-state index contributed by atoms with van der Waals surface area (Å²) < 4.78 is 5.49. The second kappa shape index (κ2) is 7.47. The monoisotopic (exact) mass is 464 g/mol. The molecular formula is C24H17ClN2O6. The summed E-state index contributed by atoms with van der Waals surface area (Å²) in [5.41, 5.74) is -0.848. The molecule has 8 nitrogen and oxygen atoms in total. The molecule has 1 saturated heterocycles. The van der Waals surface area contributed by atoms with E-state index in [0.29, 0.717) is 10.6 Å². The third-order valence-corrected chi connectivity index (χ3v) is 6.85. The molecule has 1 aliphatic heterocycles. The number of carbonyl (C=O) groups is 3. The zero-order valence-electron chi connectivity index (χ0n) is 17.4. The van der Waals surface area contributed by atoms with Crippen LogP contribution in [0.5, 0.6) is 0 Å². The average Bonchev–Trinajstić information content (AvgIpc) is 3.46. The highest BCUT2D eigenvalue weighted by Crippen LogP contribution is 2.53. The topological polar surface area (TPSA) is 111 Å². The van der Waals surface area contributed by atoms with E-state index in [1.165, 1.54) is 12.1 Å². The number of hydrogen-bond acceptors (Lipinski definition) is 7. The molecule has 0 N–H and O–H groups in total. The van der Waals surface area contributed by atoms with Crippen LogP contribution in [0.1, 0.15) is 42.8 Å². The van der Waals surface area contributed by atoms with Crippen molar-refractivity contribution in [1.29, 1.82) is 0 Å². The fourth-order valence-corrected chi connectivity index (χ4v) is 5.30. The van der Waals surface area contributed by atoms with E-state index in [1.807, 2.05) is 0 Å². The van der Waals surface area contributed by atoms with Gasteiger partial charge in [0.25, 0.3) is 0 Å². The van der Waals surface area contributed by atoms with E-state index in [2.05, 4.69) is 0 Å². The molecule has 0 saturated carbocycles. The lowest BCUT2D eigenvalue weighted by Crippen LogP contribution is -2.54. The molecule has 0 unspecified atom stereocenters. The Balaban J connectivity index is 1.70. The molecule has 1 aliphatic carbocycles. The van der Waals surface area contributed by atoms with Crippen LogP contribution in [0.2, 0.25) is 5.02 Å². The lowest BCUT2D eigenvalue weighted by molar-refractivity contribution is -0.402. The number of furan rings is 1. The first-order chi connectivity index (χ1) is 15.8. The minimum Gasteiger partial charge on any atom is -0.405 e. The molecule has 3 aromatic rings. The van der Waals surface area contributed by atoms with Crippen LogP contribution in [0.4, 0.5) is 5.88 Å². The van der Waals surface area contributed by atoms with Crippen LogP contribution in [0.3, 0.4) is 0 Å². The molecule has 2 aromatic carbocycles. The molecule has 0 bridgehead atoms. The molecule has 2 atom stereocenters. The molecule has 166 valence electrons. The minimum atomic E-state index is -1.73. The van der Waals surface area contributed by atoms with Gasteiger partial charge in [-0.3, -0.25) is 29.4 Å². The van der Waals surface area contributed by atoms with Gasteiger partial charge in [-0.15, -0.1) is 0 Å². The van der Waals surface area contributed by atoms with E-state index in [9.17, 15) is 24.5 Å². The smallest absolute Gasteiger partial charge is 0.405 e. The maximum absolute atomic E-state index is 13.7. The Morgan fingerprint density at radius 3 is 2.21 bits per heavy atom. The van der Waals surface area contributed by atoms with Gasteiger partial charge >= 0.3 is 5.88 Å². The number of rotatable bonds is 4. The highest BCUT2D eigenvalue weighted by Gasteiger charge is 2.68. The molecule has 2 heterocycles. The number of halogens is 1. The van der Waals surface area contributed by atoms with Gasteiger partial charge < -0.3 is 4.42 Å². The molecule has 9 heteroatoms. The first-order valence-corrected chi connectivity index (χ1v) is 10.6. The maximum Gasteiger partial charge on any atom is 0.433 e. The molecule has 5 rings (SSSR count). The van der Waals surface area contributed by atoms with Crippen LogP contribution in [0.15, 0.2) is 65.1 Å². The van der Waals surface area contributed by atoms with E-state index in [1.54, 1.807) is 60.5 Å². The van der Waals surface area contributed by atoms with Crippen molar-refractivity contribution in [2.24, 2.45) is 5.92 Å². The predicted octanol–water partition coefficient (Wildman–Crippen LogP) is 4.19. The summed E-state index contributed by atoms with van der Waals surface area (Å²) >= 11 is 5.96. The van der Waals surface area contributed by atoms with Crippen LogP contribution in [-0.2, 0) is 0 Å². The van der Waals surface area contributed by atoms with Crippen molar-refractivity contribution in [3.8, 4) is 0 Å². The molecule has 0 amide bonds. The predicted molar refractivity (Wildman–Crippen MR) is 118 cm³/mol. The third-order valence-electron chi connectivity index (χ3n) is 6.60.